The van der Waals surface area contributed by atoms with Crippen molar-refractivity contribution >= 4 is 5.91 Å². The zero-order chi connectivity index (χ0) is 13.9. The van der Waals surface area contributed by atoms with E-state index in [0.717, 1.165) is 31.4 Å². The molecule has 0 aliphatic heterocycles. The van der Waals surface area contributed by atoms with E-state index in [9.17, 15) is 4.79 Å². The highest BCUT2D eigenvalue weighted by atomic mass is 16.5. The van der Waals surface area contributed by atoms with Crippen molar-refractivity contribution < 1.29 is 9.53 Å². The third-order valence-corrected chi connectivity index (χ3v) is 4.35. The van der Waals surface area contributed by atoms with Crippen LogP contribution < -0.4 is 15.8 Å². The molecule has 0 bridgehead atoms. The first-order valence-corrected chi connectivity index (χ1v) is 7.53. The molecule has 4 nitrogen and oxygen atoms in total. The van der Waals surface area contributed by atoms with E-state index >= 15 is 0 Å². The molecule has 1 amide bonds. The highest BCUT2D eigenvalue weighted by molar-refractivity contribution is 5.78. The van der Waals surface area contributed by atoms with Crippen LogP contribution >= 0.6 is 0 Å². The monoisotopic (exact) mass is 274 g/mol. The Bertz CT molecular complexity index is 495. The third-order valence-electron chi connectivity index (χ3n) is 4.35. The zero-order valence-electron chi connectivity index (χ0n) is 11.7. The summed E-state index contributed by atoms with van der Waals surface area (Å²) in [5, 5.41) is 3.04. The maximum Gasteiger partial charge on any atom is 0.258 e. The molecule has 0 aromatic heterocycles. The summed E-state index contributed by atoms with van der Waals surface area (Å²) in [5.41, 5.74) is 8.39. The number of ether oxygens (including phenoxy) is 1. The van der Waals surface area contributed by atoms with Crippen LogP contribution in [-0.2, 0) is 11.2 Å². The first-order valence-electron chi connectivity index (χ1n) is 7.53. The van der Waals surface area contributed by atoms with Gasteiger partial charge in [-0.15, -0.1) is 0 Å². The van der Waals surface area contributed by atoms with Crippen molar-refractivity contribution in [3.05, 3.63) is 29.3 Å². The average Bonchev–Trinajstić information content (AvgIpc) is 3.07. The van der Waals surface area contributed by atoms with E-state index in [0.29, 0.717) is 6.04 Å². The standard InChI is InChI=1S/C16H22N2O2/c17-14-9-8-13-12(14)6-3-7-15(13)20-10-16(19)18-11-4-1-2-5-11/h3,6-7,11,14H,1-2,4-5,8-10,17H2,(H,18,19). The first-order chi connectivity index (χ1) is 9.74. The molecule has 2 aliphatic carbocycles. The summed E-state index contributed by atoms with van der Waals surface area (Å²) in [6.45, 7) is 0.0994. The Kier molecular flexibility index (Phi) is 3.92. The number of fused-ring (bicyclic) bond motifs is 1. The summed E-state index contributed by atoms with van der Waals surface area (Å²) in [7, 11) is 0. The van der Waals surface area contributed by atoms with Crippen molar-refractivity contribution in [2.75, 3.05) is 6.61 Å². The van der Waals surface area contributed by atoms with E-state index in [1.165, 1.54) is 24.0 Å². The molecule has 4 heteroatoms. The van der Waals surface area contributed by atoms with Crippen molar-refractivity contribution in [2.24, 2.45) is 5.73 Å². The molecular weight excluding hydrogens is 252 g/mol. The lowest BCUT2D eigenvalue weighted by molar-refractivity contribution is -0.123. The fourth-order valence-corrected chi connectivity index (χ4v) is 3.27. The lowest BCUT2D eigenvalue weighted by atomic mass is 10.1. The van der Waals surface area contributed by atoms with E-state index in [-0.39, 0.29) is 18.6 Å². The van der Waals surface area contributed by atoms with Crippen molar-refractivity contribution in [1.82, 2.24) is 5.32 Å². The average molecular weight is 274 g/mol. The molecule has 1 atom stereocenters. The Balaban J connectivity index is 1.57. The molecule has 3 rings (SSSR count). The number of amides is 1. The summed E-state index contributed by atoms with van der Waals surface area (Å²) in [4.78, 5) is 11.9. The van der Waals surface area contributed by atoms with E-state index in [4.69, 9.17) is 10.5 Å². The van der Waals surface area contributed by atoms with Gasteiger partial charge in [-0.3, -0.25) is 4.79 Å². The molecule has 2 aliphatic rings. The molecule has 1 fully saturated rings. The molecule has 3 N–H and O–H groups in total. The number of carbonyl (C=O) groups excluding carboxylic acids is 1. The maximum atomic E-state index is 11.9. The van der Waals surface area contributed by atoms with Gasteiger partial charge in [0.15, 0.2) is 6.61 Å². The van der Waals surface area contributed by atoms with Crippen LogP contribution in [-0.4, -0.2) is 18.6 Å². The Morgan fingerprint density at radius 3 is 2.90 bits per heavy atom. The van der Waals surface area contributed by atoms with E-state index in [2.05, 4.69) is 11.4 Å². The molecule has 0 spiro atoms. The fraction of sp³-hybridized carbons (Fsp3) is 0.562. The SMILES string of the molecule is NC1CCc2c(OCC(=O)NC3CCCC3)cccc21. The summed E-state index contributed by atoms with van der Waals surface area (Å²) in [6.07, 6.45) is 6.54. The molecule has 108 valence electrons. The Morgan fingerprint density at radius 2 is 2.10 bits per heavy atom. The Labute approximate surface area is 119 Å². The minimum Gasteiger partial charge on any atom is -0.483 e. The van der Waals surface area contributed by atoms with Gasteiger partial charge in [-0.05, 0) is 42.9 Å². The van der Waals surface area contributed by atoms with Crippen LogP contribution in [0.15, 0.2) is 18.2 Å². The molecule has 1 aromatic rings. The van der Waals surface area contributed by atoms with Gasteiger partial charge < -0.3 is 15.8 Å². The lowest BCUT2D eigenvalue weighted by Gasteiger charge is -2.14. The number of nitrogens with one attached hydrogen (secondary N) is 1. The molecule has 0 saturated heterocycles. The summed E-state index contributed by atoms with van der Waals surface area (Å²) < 4.78 is 5.70. The van der Waals surface area contributed by atoms with Gasteiger partial charge in [0.25, 0.3) is 5.91 Å². The molecular formula is C16H22N2O2. The third kappa shape index (κ3) is 2.80. The van der Waals surface area contributed by atoms with Crippen molar-refractivity contribution in [3.8, 4) is 5.75 Å². The second-order valence-corrected chi connectivity index (χ2v) is 5.81. The second-order valence-electron chi connectivity index (χ2n) is 5.81. The number of hydrogen-bond acceptors (Lipinski definition) is 3. The number of nitrogens with two attached hydrogens (primary N) is 1. The predicted molar refractivity (Wildman–Crippen MR) is 77.6 cm³/mol. The van der Waals surface area contributed by atoms with Crippen molar-refractivity contribution in [3.63, 3.8) is 0 Å². The number of rotatable bonds is 4. The van der Waals surface area contributed by atoms with Crippen LogP contribution in [0.5, 0.6) is 5.75 Å². The topological polar surface area (TPSA) is 64.3 Å². The van der Waals surface area contributed by atoms with E-state index in [1.807, 2.05) is 12.1 Å². The molecule has 1 aromatic carbocycles. The van der Waals surface area contributed by atoms with Gasteiger partial charge in [0.1, 0.15) is 5.75 Å². The van der Waals surface area contributed by atoms with Crippen LogP contribution in [0.4, 0.5) is 0 Å². The normalized spacial score (nSPS) is 21.8. The molecule has 0 radical (unpaired) electrons. The minimum atomic E-state index is -0.0169. The molecule has 0 heterocycles. The summed E-state index contributed by atoms with van der Waals surface area (Å²) in [6, 6.07) is 6.40. The fourth-order valence-electron chi connectivity index (χ4n) is 3.27. The number of benzene rings is 1. The molecule has 1 saturated carbocycles. The second kappa shape index (κ2) is 5.83. The van der Waals surface area contributed by atoms with Crippen LogP contribution in [0.3, 0.4) is 0 Å². The van der Waals surface area contributed by atoms with E-state index < -0.39 is 0 Å². The largest absolute Gasteiger partial charge is 0.483 e. The highest BCUT2D eigenvalue weighted by Crippen LogP contribution is 2.35. The Hall–Kier alpha value is -1.55. The van der Waals surface area contributed by atoms with Gasteiger partial charge in [0.05, 0.1) is 0 Å². The van der Waals surface area contributed by atoms with Crippen molar-refractivity contribution in [2.45, 2.75) is 50.6 Å². The number of carbonyl (C=O) groups is 1. The van der Waals surface area contributed by atoms with Gasteiger partial charge in [-0.2, -0.15) is 0 Å². The van der Waals surface area contributed by atoms with Crippen LogP contribution in [0.2, 0.25) is 0 Å². The summed E-state index contributed by atoms with van der Waals surface area (Å²) in [5.74, 6) is 0.800. The van der Waals surface area contributed by atoms with Gasteiger partial charge in [-0.1, -0.05) is 25.0 Å². The smallest absolute Gasteiger partial charge is 0.258 e. The predicted octanol–water partition coefficient (Wildman–Crippen LogP) is 2.07. The van der Waals surface area contributed by atoms with Crippen molar-refractivity contribution in [1.29, 1.82) is 0 Å². The first kappa shape index (κ1) is 13.4. The highest BCUT2D eigenvalue weighted by Gasteiger charge is 2.23. The lowest BCUT2D eigenvalue weighted by Crippen LogP contribution is -2.36. The van der Waals surface area contributed by atoms with Crippen LogP contribution in [0, 0.1) is 0 Å². The number of hydrogen-bond donors (Lipinski definition) is 2. The van der Waals surface area contributed by atoms with Crippen LogP contribution in [0.1, 0.15) is 49.3 Å². The zero-order valence-corrected chi connectivity index (χ0v) is 11.7. The Morgan fingerprint density at radius 1 is 1.30 bits per heavy atom. The van der Waals surface area contributed by atoms with Crippen LogP contribution in [0.25, 0.3) is 0 Å². The van der Waals surface area contributed by atoms with Gasteiger partial charge in [-0.25, -0.2) is 0 Å². The van der Waals surface area contributed by atoms with Gasteiger partial charge >= 0.3 is 0 Å². The van der Waals surface area contributed by atoms with Gasteiger partial charge in [0, 0.05) is 12.1 Å². The quantitative estimate of drug-likeness (QED) is 0.883. The van der Waals surface area contributed by atoms with E-state index in [1.54, 1.807) is 0 Å². The molecule has 1 unspecified atom stereocenters. The van der Waals surface area contributed by atoms with Gasteiger partial charge in [0.2, 0.25) is 0 Å². The molecule has 20 heavy (non-hydrogen) atoms. The minimum absolute atomic E-state index is 0.0169. The summed E-state index contributed by atoms with van der Waals surface area (Å²) >= 11 is 0. The maximum absolute atomic E-state index is 11.9.